The van der Waals surface area contributed by atoms with E-state index in [2.05, 4.69) is 50.3 Å². The van der Waals surface area contributed by atoms with Gasteiger partial charge in [-0.15, -0.1) is 0 Å². The predicted molar refractivity (Wildman–Crippen MR) is 99.0 cm³/mol. The monoisotopic (exact) mass is 324 g/mol. The van der Waals surface area contributed by atoms with Crippen molar-refractivity contribution in [2.45, 2.75) is 46.0 Å². The van der Waals surface area contributed by atoms with Crippen LogP contribution in [0, 0.1) is 22.7 Å². The van der Waals surface area contributed by atoms with Crippen LogP contribution in [0.5, 0.6) is 0 Å². The van der Waals surface area contributed by atoms with Crippen LogP contribution in [-0.4, -0.2) is 23.7 Å². The van der Waals surface area contributed by atoms with Crippen molar-refractivity contribution in [2.24, 2.45) is 17.3 Å². The zero-order chi connectivity index (χ0) is 17.5. The third-order valence-corrected chi connectivity index (χ3v) is 6.14. The van der Waals surface area contributed by atoms with E-state index >= 15 is 0 Å². The molecular formula is C21H28N2O. The van der Waals surface area contributed by atoms with Crippen molar-refractivity contribution in [3.05, 3.63) is 41.5 Å². The number of rotatable bonds is 4. The van der Waals surface area contributed by atoms with Crippen molar-refractivity contribution >= 4 is 17.8 Å². The lowest BCUT2D eigenvalue weighted by Gasteiger charge is -2.45. The van der Waals surface area contributed by atoms with Crippen LogP contribution < -0.4 is 0 Å². The second-order valence-electron chi connectivity index (χ2n) is 7.60. The van der Waals surface area contributed by atoms with Gasteiger partial charge in [-0.25, -0.2) is 0 Å². The highest BCUT2D eigenvalue weighted by Crippen LogP contribution is 2.62. The molecule has 1 heterocycles. The Morgan fingerprint density at radius 1 is 1.42 bits per heavy atom. The van der Waals surface area contributed by atoms with Crippen LogP contribution in [0.25, 0.3) is 6.08 Å². The van der Waals surface area contributed by atoms with E-state index in [4.69, 9.17) is 5.41 Å². The standard InChI is InChI=1S/C21H28N2O/c1-5-8-14-9-7-10-15(11-14)16-12-18(16)21(3)13-19(24)23(4)20(22)17(21)6-2/h5,7-11,16-18,22H,6,12-13H2,1-4H3. The van der Waals surface area contributed by atoms with Gasteiger partial charge in [0, 0.05) is 19.4 Å². The third-order valence-electron chi connectivity index (χ3n) is 6.14. The minimum Gasteiger partial charge on any atom is -0.304 e. The lowest BCUT2D eigenvalue weighted by atomic mass is 9.65. The Labute approximate surface area is 145 Å². The highest BCUT2D eigenvalue weighted by atomic mass is 16.2. The molecule has 1 aromatic rings. The van der Waals surface area contributed by atoms with Crippen LogP contribution >= 0.6 is 0 Å². The van der Waals surface area contributed by atoms with E-state index in [1.807, 2.05) is 6.92 Å². The van der Waals surface area contributed by atoms with E-state index in [9.17, 15) is 4.79 Å². The Morgan fingerprint density at radius 3 is 2.83 bits per heavy atom. The summed E-state index contributed by atoms with van der Waals surface area (Å²) < 4.78 is 0. The molecule has 1 N–H and O–H groups in total. The van der Waals surface area contributed by atoms with Crippen molar-refractivity contribution in [3.8, 4) is 0 Å². The quantitative estimate of drug-likeness (QED) is 0.857. The number of benzene rings is 1. The predicted octanol–water partition coefficient (Wildman–Crippen LogP) is 4.70. The highest BCUT2D eigenvalue weighted by Gasteiger charge is 2.57. The number of nitrogens with one attached hydrogen (secondary N) is 1. The maximum atomic E-state index is 12.4. The van der Waals surface area contributed by atoms with Crippen LogP contribution in [0.2, 0.25) is 0 Å². The van der Waals surface area contributed by atoms with Gasteiger partial charge in [0.15, 0.2) is 0 Å². The first-order chi connectivity index (χ1) is 11.4. The topological polar surface area (TPSA) is 44.2 Å². The second kappa shape index (κ2) is 6.19. The molecule has 1 saturated carbocycles. The summed E-state index contributed by atoms with van der Waals surface area (Å²) in [7, 11) is 1.75. The molecule has 3 rings (SSSR count). The maximum Gasteiger partial charge on any atom is 0.228 e. The first kappa shape index (κ1) is 16.9. The van der Waals surface area contributed by atoms with Gasteiger partial charge >= 0.3 is 0 Å². The van der Waals surface area contributed by atoms with Gasteiger partial charge in [-0.05, 0) is 48.1 Å². The van der Waals surface area contributed by atoms with Crippen molar-refractivity contribution in [1.29, 1.82) is 5.41 Å². The molecular weight excluding hydrogens is 296 g/mol. The number of amidine groups is 1. The molecule has 0 radical (unpaired) electrons. The van der Waals surface area contributed by atoms with Gasteiger partial charge in [0.25, 0.3) is 0 Å². The lowest BCUT2D eigenvalue weighted by molar-refractivity contribution is -0.132. The number of allylic oxidation sites excluding steroid dienone is 1. The molecule has 1 aliphatic carbocycles. The molecule has 0 aromatic heterocycles. The maximum absolute atomic E-state index is 12.4. The summed E-state index contributed by atoms with van der Waals surface area (Å²) >= 11 is 0. The molecule has 1 saturated heterocycles. The van der Waals surface area contributed by atoms with Gasteiger partial charge < -0.3 is 4.90 Å². The number of likely N-dealkylation sites (tertiary alicyclic amines) is 1. The molecule has 2 fully saturated rings. The highest BCUT2D eigenvalue weighted by molar-refractivity contribution is 6.01. The summed E-state index contributed by atoms with van der Waals surface area (Å²) in [6.07, 6.45) is 6.83. The van der Waals surface area contributed by atoms with Gasteiger partial charge in [0.05, 0.1) is 0 Å². The molecule has 2 aliphatic rings. The molecule has 24 heavy (non-hydrogen) atoms. The number of amides is 1. The molecule has 3 nitrogen and oxygen atoms in total. The average molecular weight is 324 g/mol. The van der Waals surface area contributed by atoms with Crippen LogP contribution in [0.3, 0.4) is 0 Å². The third kappa shape index (κ3) is 2.70. The van der Waals surface area contributed by atoms with Crippen molar-refractivity contribution in [1.82, 2.24) is 4.90 Å². The molecule has 4 unspecified atom stereocenters. The van der Waals surface area contributed by atoms with Gasteiger partial charge in [-0.2, -0.15) is 0 Å². The summed E-state index contributed by atoms with van der Waals surface area (Å²) in [5.41, 5.74) is 2.53. The van der Waals surface area contributed by atoms with E-state index in [0.29, 0.717) is 24.1 Å². The Kier molecular flexibility index (Phi) is 4.37. The largest absolute Gasteiger partial charge is 0.304 e. The SMILES string of the molecule is CC=Cc1cccc(C2CC2C2(C)CC(=O)N(C)C(=N)C2CC)c1. The number of hydrogen-bond acceptors (Lipinski definition) is 2. The van der Waals surface area contributed by atoms with E-state index < -0.39 is 0 Å². The summed E-state index contributed by atoms with van der Waals surface area (Å²) in [5.74, 6) is 1.80. The summed E-state index contributed by atoms with van der Waals surface area (Å²) in [5, 5.41) is 8.41. The van der Waals surface area contributed by atoms with Crippen molar-refractivity contribution in [3.63, 3.8) is 0 Å². The van der Waals surface area contributed by atoms with Crippen LogP contribution in [0.1, 0.15) is 57.1 Å². The normalized spacial score (nSPS) is 33.3. The van der Waals surface area contributed by atoms with E-state index in [-0.39, 0.29) is 17.2 Å². The van der Waals surface area contributed by atoms with Crippen molar-refractivity contribution < 1.29 is 4.79 Å². The first-order valence-corrected chi connectivity index (χ1v) is 9.00. The van der Waals surface area contributed by atoms with Gasteiger partial charge in [0.2, 0.25) is 5.91 Å². The molecule has 1 aliphatic heterocycles. The fraction of sp³-hybridized carbons (Fsp3) is 0.524. The summed E-state index contributed by atoms with van der Waals surface area (Å²) in [6.45, 7) is 6.42. The summed E-state index contributed by atoms with van der Waals surface area (Å²) in [6, 6.07) is 8.74. The minimum atomic E-state index is -0.0866. The van der Waals surface area contributed by atoms with Crippen LogP contribution in [-0.2, 0) is 4.79 Å². The van der Waals surface area contributed by atoms with Gasteiger partial charge in [-0.3, -0.25) is 10.2 Å². The lowest BCUT2D eigenvalue weighted by Crippen LogP contribution is -2.52. The molecule has 3 heteroatoms. The molecule has 1 aromatic carbocycles. The Hall–Kier alpha value is -1.90. The zero-order valence-electron chi connectivity index (χ0n) is 15.2. The van der Waals surface area contributed by atoms with Gasteiger partial charge in [0.1, 0.15) is 5.84 Å². The molecule has 0 bridgehead atoms. The number of piperidine rings is 1. The van der Waals surface area contributed by atoms with Crippen molar-refractivity contribution in [2.75, 3.05) is 7.05 Å². The molecule has 1 amide bonds. The summed E-state index contributed by atoms with van der Waals surface area (Å²) in [4.78, 5) is 13.9. The minimum absolute atomic E-state index is 0.0866. The fourth-order valence-corrected chi connectivity index (χ4v) is 4.68. The zero-order valence-corrected chi connectivity index (χ0v) is 15.2. The second-order valence-corrected chi connectivity index (χ2v) is 7.60. The number of carbonyl (C=O) groups excluding carboxylic acids is 1. The Bertz CT molecular complexity index is 693. The van der Waals surface area contributed by atoms with E-state index in [0.717, 1.165) is 12.8 Å². The Morgan fingerprint density at radius 2 is 2.17 bits per heavy atom. The number of nitrogens with zero attached hydrogens (tertiary/aromatic N) is 1. The van der Waals surface area contributed by atoms with E-state index in [1.165, 1.54) is 11.1 Å². The van der Waals surface area contributed by atoms with Crippen LogP contribution in [0.4, 0.5) is 0 Å². The number of hydrogen-bond donors (Lipinski definition) is 1. The van der Waals surface area contributed by atoms with E-state index in [1.54, 1.807) is 11.9 Å². The van der Waals surface area contributed by atoms with Gasteiger partial charge in [-0.1, -0.05) is 50.3 Å². The first-order valence-electron chi connectivity index (χ1n) is 9.00. The molecule has 0 spiro atoms. The average Bonchev–Trinajstić information content (AvgIpc) is 3.35. The van der Waals surface area contributed by atoms with Crippen LogP contribution in [0.15, 0.2) is 30.3 Å². The fourth-order valence-electron chi connectivity index (χ4n) is 4.68. The Balaban J connectivity index is 1.86. The number of carbonyl (C=O) groups is 1. The molecule has 4 atom stereocenters. The molecule has 128 valence electrons. The smallest absolute Gasteiger partial charge is 0.228 e.